The molecule has 0 radical (unpaired) electrons. The minimum Gasteiger partial charge on any atom is -0.496 e. The molecule has 0 bridgehead atoms. The van der Waals surface area contributed by atoms with E-state index in [9.17, 15) is 9.59 Å². The normalized spacial score (nSPS) is 17.8. The first-order valence-electron chi connectivity index (χ1n) is 11.6. The number of nitrogens with zero attached hydrogens (tertiary/aromatic N) is 3. The number of carbonyl (C=O) groups is 2. The van der Waals surface area contributed by atoms with Gasteiger partial charge in [-0.05, 0) is 25.0 Å². The van der Waals surface area contributed by atoms with Crippen LogP contribution in [0.3, 0.4) is 0 Å². The van der Waals surface area contributed by atoms with Crippen LogP contribution in [0.25, 0.3) is 0 Å². The number of hydrogen-bond donors (Lipinski definition) is 0. The van der Waals surface area contributed by atoms with Crippen LogP contribution >= 0.6 is 11.6 Å². The van der Waals surface area contributed by atoms with E-state index in [1.54, 1.807) is 19.1 Å². The highest BCUT2D eigenvalue weighted by Crippen LogP contribution is 2.38. The minimum atomic E-state index is -0.363. The number of benzene rings is 2. The molecule has 0 aromatic heterocycles. The molecule has 2 aromatic rings. The van der Waals surface area contributed by atoms with Crippen molar-refractivity contribution in [1.29, 1.82) is 0 Å². The Morgan fingerprint density at radius 1 is 1.12 bits per heavy atom. The zero-order chi connectivity index (χ0) is 24.1. The largest absolute Gasteiger partial charge is 0.496 e. The van der Waals surface area contributed by atoms with Gasteiger partial charge in [-0.25, -0.2) is 5.01 Å². The van der Waals surface area contributed by atoms with Crippen molar-refractivity contribution in [1.82, 2.24) is 9.91 Å². The maximum atomic E-state index is 13.6. The number of para-hydroxylation sites is 1. The van der Waals surface area contributed by atoms with Gasteiger partial charge in [-0.15, -0.1) is 0 Å². The summed E-state index contributed by atoms with van der Waals surface area (Å²) in [5.41, 5.74) is 2.38. The number of hydrogen-bond acceptors (Lipinski definition) is 5. The van der Waals surface area contributed by atoms with Crippen molar-refractivity contribution in [2.24, 2.45) is 11.0 Å². The second-order valence-electron chi connectivity index (χ2n) is 8.61. The van der Waals surface area contributed by atoms with E-state index < -0.39 is 0 Å². The number of halogens is 1. The van der Waals surface area contributed by atoms with E-state index in [2.05, 4.69) is 0 Å². The lowest BCUT2D eigenvalue weighted by Gasteiger charge is -2.32. The van der Waals surface area contributed by atoms with Crippen molar-refractivity contribution in [3.63, 3.8) is 0 Å². The lowest BCUT2D eigenvalue weighted by atomic mass is 9.84. The van der Waals surface area contributed by atoms with Crippen molar-refractivity contribution in [3.8, 4) is 5.75 Å². The van der Waals surface area contributed by atoms with Crippen LogP contribution in [0, 0.1) is 5.92 Å². The molecule has 4 rings (SSSR count). The summed E-state index contributed by atoms with van der Waals surface area (Å²) >= 11 is 6.45. The number of ether oxygens (including phenoxy) is 2. The molecular weight excluding hydrogens is 454 g/mol. The first kappa shape index (κ1) is 24.2. The molecule has 0 saturated heterocycles. The average molecular weight is 484 g/mol. The summed E-state index contributed by atoms with van der Waals surface area (Å²) in [6.07, 6.45) is 3.29. The summed E-state index contributed by atoms with van der Waals surface area (Å²) in [5.74, 6) is 0.444. The Kier molecular flexibility index (Phi) is 7.85. The Balaban J connectivity index is 1.64. The van der Waals surface area contributed by atoms with Gasteiger partial charge in [0.25, 0.3) is 5.91 Å². The Morgan fingerprint density at radius 3 is 2.53 bits per heavy atom. The Morgan fingerprint density at radius 2 is 1.85 bits per heavy atom. The zero-order valence-electron chi connectivity index (χ0n) is 19.6. The molecule has 1 aliphatic carbocycles. The standard InChI is InChI=1S/C26H30ClN3O4/c1-33-15-14-29(26(32)18-8-7-9-18)17-25(31)30-23(20-11-4-6-13-24(20)34-2)16-22(28-30)19-10-3-5-12-21(19)27/h3-6,10-13,18,23H,7-9,14-17H2,1-2H3/t23-/m1/s1. The van der Waals surface area contributed by atoms with E-state index in [4.69, 9.17) is 26.2 Å². The van der Waals surface area contributed by atoms with Gasteiger partial charge in [-0.1, -0.05) is 54.4 Å². The first-order valence-corrected chi connectivity index (χ1v) is 12.0. The topological polar surface area (TPSA) is 71.4 Å². The molecule has 1 saturated carbocycles. The van der Waals surface area contributed by atoms with Gasteiger partial charge < -0.3 is 14.4 Å². The van der Waals surface area contributed by atoms with Crippen LogP contribution in [-0.4, -0.2) is 61.4 Å². The highest BCUT2D eigenvalue weighted by molar-refractivity contribution is 6.34. The molecule has 1 atom stereocenters. The van der Waals surface area contributed by atoms with Crippen molar-refractivity contribution >= 4 is 29.1 Å². The van der Waals surface area contributed by atoms with E-state index >= 15 is 0 Å². The molecule has 7 nitrogen and oxygen atoms in total. The van der Waals surface area contributed by atoms with Gasteiger partial charge in [0.15, 0.2) is 0 Å². The molecule has 2 aliphatic rings. The highest BCUT2D eigenvalue weighted by atomic mass is 35.5. The molecule has 0 spiro atoms. The molecule has 1 heterocycles. The van der Waals surface area contributed by atoms with Gasteiger partial charge in [-0.2, -0.15) is 5.10 Å². The highest BCUT2D eigenvalue weighted by Gasteiger charge is 2.37. The number of methoxy groups -OCH3 is 2. The summed E-state index contributed by atoms with van der Waals surface area (Å²) in [5, 5.41) is 6.79. The van der Waals surface area contributed by atoms with Crippen LogP contribution in [0.15, 0.2) is 53.6 Å². The zero-order valence-corrected chi connectivity index (χ0v) is 20.3. The van der Waals surface area contributed by atoms with E-state index in [0.717, 1.165) is 36.1 Å². The Hall–Kier alpha value is -2.90. The maximum Gasteiger partial charge on any atom is 0.262 e. The van der Waals surface area contributed by atoms with Crippen molar-refractivity contribution in [2.45, 2.75) is 31.7 Å². The predicted molar refractivity (Wildman–Crippen MR) is 131 cm³/mol. The van der Waals surface area contributed by atoms with Gasteiger partial charge >= 0.3 is 0 Å². The second kappa shape index (κ2) is 11.0. The molecule has 2 aromatic carbocycles. The molecule has 0 N–H and O–H groups in total. The molecule has 1 aliphatic heterocycles. The fourth-order valence-corrected chi connectivity index (χ4v) is 4.64. The molecular formula is C26H30ClN3O4. The van der Waals surface area contributed by atoms with E-state index in [0.29, 0.717) is 30.3 Å². The summed E-state index contributed by atoms with van der Waals surface area (Å²) in [7, 11) is 3.20. The summed E-state index contributed by atoms with van der Waals surface area (Å²) in [4.78, 5) is 28.2. The van der Waals surface area contributed by atoms with Crippen LogP contribution in [0.4, 0.5) is 0 Å². The number of amides is 2. The van der Waals surface area contributed by atoms with Gasteiger partial charge in [-0.3, -0.25) is 9.59 Å². The van der Waals surface area contributed by atoms with Crippen molar-refractivity contribution in [2.75, 3.05) is 33.9 Å². The van der Waals surface area contributed by atoms with Crippen LogP contribution in [-0.2, 0) is 14.3 Å². The van der Waals surface area contributed by atoms with E-state index in [-0.39, 0.29) is 30.3 Å². The first-order chi connectivity index (χ1) is 16.5. The average Bonchev–Trinajstić information content (AvgIpc) is 3.26. The number of carbonyl (C=O) groups excluding carboxylic acids is 2. The Bertz CT molecular complexity index is 1070. The lowest BCUT2D eigenvalue weighted by molar-refractivity contribution is -0.146. The van der Waals surface area contributed by atoms with E-state index in [1.807, 2.05) is 48.5 Å². The fraction of sp³-hybridized carbons (Fsp3) is 0.423. The smallest absolute Gasteiger partial charge is 0.262 e. The third kappa shape index (κ3) is 5.10. The monoisotopic (exact) mass is 483 g/mol. The quantitative estimate of drug-likeness (QED) is 0.533. The van der Waals surface area contributed by atoms with Crippen LogP contribution in [0.1, 0.15) is 42.9 Å². The SMILES string of the molecule is COCCN(CC(=O)N1N=C(c2ccccc2Cl)C[C@@H]1c1ccccc1OC)C(=O)C1CCC1. The van der Waals surface area contributed by atoms with Gasteiger partial charge in [0, 0.05) is 42.1 Å². The molecule has 1 fully saturated rings. The second-order valence-corrected chi connectivity index (χ2v) is 9.01. The number of rotatable bonds is 9. The van der Waals surface area contributed by atoms with Gasteiger partial charge in [0.05, 0.1) is 25.5 Å². The maximum absolute atomic E-state index is 13.6. The van der Waals surface area contributed by atoms with Gasteiger partial charge in [0.1, 0.15) is 12.3 Å². The molecule has 8 heteroatoms. The Labute approximate surface area is 205 Å². The van der Waals surface area contributed by atoms with E-state index in [1.165, 1.54) is 5.01 Å². The molecule has 180 valence electrons. The molecule has 2 amide bonds. The lowest BCUT2D eigenvalue weighted by Crippen LogP contribution is -2.46. The van der Waals surface area contributed by atoms with Crippen LogP contribution < -0.4 is 4.74 Å². The summed E-state index contributed by atoms with van der Waals surface area (Å²) in [6.45, 7) is 0.686. The third-order valence-electron chi connectivity index (χ3n) is 6.51. The predicted octanol–water partition coefficient (Wildman–Crippen LogP) is 4.30. The van der Waals surface area contributed by atoms with Crippen LogP contribution in [0.2, 0.25) is 5.02 Å². The minimum absolute atomic E-state index is 0.00423. The number of hydrazone groups is 1. The summed E-state index contributed by atoms with van der Waals surface area (Å²) < 4.78 is 10.8. The molecule has 34 heavy (non-hydrogen) atoms. The fourth-order valence-electron chi connectivity index (χ4n) is 4.40. The van der Waals surface area contributed by atoms with Crippen molar-refractivity contribution in [3.05, 3.63) is 64.7 Å². The summed E-state index contributed by atoms with van der Waals surface area (Å²) in [6, 6.07) is 14.7. The van der Waals surface area contributed by atoms with Gasteiger partial charge in [0.2, 0.25) is 5.91 Å². The molecule has 0 unspecified atom stereocenters. The van der Waals surface area contributed by atoms with Crippen molar-refractivity contribution < 1.29 is 19.1 Å². The third-order valence-corrected chi connectivity index (χ3v) is 6.84. The van der Waals surface area contributed by atoms with Crippen LogP contribution in [0.5, 0.6) is 5.75 Å².